The Labute approximate surface area is 104 Å². The van der Waals surface area contributed by atoms with Gasteiger partial charge in [-0.25, -0.2) is 0 Å². The van der Waals surface area contributed by atoms with Crippen molar-refractivity contribution in [1.82, 2.24) is 0 Å². The first-order valence-corrected chi connectivity index (χ1v) is 5.69. The summed E-state index contributed by atoms with van der Waals surface area (Å²) in [6, 6.07) is 7.26. The van der Waals surface area contributed by atoms with E-state index in [9.17, 15) is 4.79 Å². The van der Waals surface area contributed by atoms with Crippen LogP contribution in [0.5, 0.6) is 0 Å². The Hall–Kier alpha value is -1.10. The lowest BCUT2D eigenvalue weighted by atomic mass is 10.2. The molecule has 17 heavy (non-hydrogen) atoms. The van der Waals surface area contributed by atoms with Gasteiger partial charge in [-0.05, 0) is 12.1 Å². The molecule has 0 amide bonds. The molecule has 0 saturated carbocycles. The van der Waals surface area contributed by atoms with Gasteiger partial charge < -0.3 is 14.2 Å². The van der Waals surface area contributed by atoms with E-state index in [1.165, 1.54) is 6.92 Å². The number of hydrogen-bond donors (Lipinski definition) is 0. The summed E-state index contributed by atoms with van der Waals surface area (Å²) in [7, 11) is 0. The van der Waals surface area contributed by atoms with Crippen LogP contribution in [-0.2, 0) is 19.0 Å². The quantitative estimate of drug-likeness (QED) is 0.779. The van der Waals surface area contributed by atoms with E-state index in [0.29, 0.717) is 11.6 Å². The predicted octanol–water partition coefficient (Wildman–Crippen LogP) is 2.32. The van der Waals surface area contributed by atoms with Crippen molar-refractivity contribution in [2.45, 2.75) is 19.3 Å². The van der Waals surface area contributed by atoms with Crippen LogP contribution in [-0.4, -0.2) is 25.3 Å². The summed E-state index contributed by atoms with van der Waals surface area (Å²) >= 11 is 5.79. The second kappa shape index (κ2) is 5.49. The summed E-state index contributed by atoms with van der Waals surface area (Å²) in [4.78, 5) is 10.7. The number of rotatable bonds is 3. The van der Waals surface area contributed by atoms with E-state index < -0.39 is 6.29 Å². The fraction of sp³-hybridized carbons (Fsp3) is 0.417. The Kier molecular flexibility index (Phi) is 3.99. The Bertz CT molecular complexity index is 390. The molecule has 2 rings (SSSR count). The summed E-state index contributed by atoms with van der Waals surface area (Å²) in [6.45, 7) is 2.01. The first-order chi connectivity index (χ1) is 8.15. The van der Waals surface area contributed by atoms with Crippen LogP contribution in [0.2, 0.25) is 5.02 Å². The molecule has 1 aliphatic heterocycles. The van der Waals surface area contributed by atoms with E-state index in [2.05, 4.69) is 0 Å². The largest absolute Gasteiger partial charge is 0.463 e. The topological polar surface area (TPSA) is 44.8 Å². The Morgan fingerprint density at radius 3 is 2.82 bits per heavy atom. The van der Waals surface area contributed by atoms with Crippen LogP contribution in [0.4, 0.5) is 0 Å². The molecular formula is C12H13ClO4. The maximum atomic E-state index is 10.7. The van der Waals surface area contributed by atoms with Crippen molar-refractivity contribution in [1.29, 1.82) is 0 Å². The van der Waals surface area contributed by atoms with E-state index in [1.807, 2.05) is 12.1 Å². The maximum Gasteiger partial charge on any atom is 0.302 e. The number of ether oxygens (including phenoxy) is 3. The predicted molar refractivity (Wildman–Crippen MR) is 61.7 cm³/mol. The summed E-state index contributed by atoms with van der Waals surface area (Å²) in [6.07, 6.45) is -0.618. The Morgan fingerprint density at radius 2 is 2.18 bits per heavy atom. The lowest BCUT2D eigenvalue weighted by Gasteiger charge is -2.11. The third-order valence-corrected chi connectivity index (χ3v) is 2.62. The standard InChI is InChI=1S/C12H13ClO4/c1-8(14)15-6-11-7-16-12(17-11)9-2-4-10(13)5-3-9/h2-5,11-12H,6-7H2,1H3. The summed E-state index contributed by atoms with van der Waals surface area (Å²) < 4.78 is 15.9. The van der Waals surface area contributed by atoms with Gasteiger partial charge in [0.15, 0.2) is 6.29 Å². The average Bonchev–Trinajstić information content (AvgIpc) is 2.76. The van der Waals surface area contributed by atoms with E-state index in [-0.39, 0.29) is 18.7 Å². The molecule has 2 unspecified atom stereocenters. The van der Waals surface area contributed by atoms with E-state index in [0.717, 1.165) is 5.56 Å². The number of esters is 1. The third kappa shape index (κ3) is 3.43. The van der Waals surface area contributed by atoms with Gasteiger partial charge in [0, 0.05) is 17.5 Å². The fourth-order valence-corrected chi connectivity index (χ4v) is 1.67. The molecule has 0 aliphatic carbocycles. The Morgan fingerprint density at radius 1 is 1.47 bits per heavy atom. The molecule has 1 fully saturated rings. The van der Waals surface area contributed by atoms with Crippen molar-refractivity contribution >= 4 is 17.6 Å². The van der Waals surface area contributed by atoms with Crippen LogP contribution in [0.1, 0.15) is 18.8 Å². The van der Waals surface area contributed by atoms with Gasteiger partial charge in [-0.15, -0.1) is 0 Å². The second-order valence-electron chi connectivity index (χ2n) is 3.78. The zero-order valence-electron chi connectivity index (χ0n) is 9.39. The molecule has 5 heteroatoms. The van der Waals surface area contributed by atoms with Crippen molar-refractivity contribution in [3.63, 3.8) is 0 Å². The van der Waals surface area contributed by atoms with Gasteiger partial charge in [-0.3, -0.25) is 4.79 Å². The first kappa shape index (κ1) is 12.4. The number of hydrogen-bond acceptors (Lipinski definition) is 4. The van der Waals surface area contributed by atoms with Crippen LogP contribution in [0.25, 0.3) is 0 Å². The smallest absolute Gasteiger partial charge is 0.302 e. The van der Waals surface area contributed by atoms with Crippen molar-refractivity contribution < 1.29 is 19.0 Å². The minimum Gasteiger partial charge on any atom is -0.463 e. The number of carbonyl (C=O) groups is 1. The normalized spacial score (nSPS) is 23.6. The van der Waals surface area contributed by atoms with E-state index >= 15 is 0 Å². The van der Waals surface area contributed by atoms with Crippen LogP contribution < -0.4 is 0 Å². The molecule has 92 valence electrons. The molecule has 1 aliphatic rings. The van der Waals surface area contributed by atoms with Crippen molar-refractivity contribution in [3.05, 3.63) is 34.9 Å². The molecule has 1 aromatic rings. The van der Waals surface area contributed by atoms with E-state index in [1.54, 1.807) is 12.1 Å². The van der Waals surface area contributed by atoms with Gasteiger partial charge >= 0.3 is 5.97 Å². The molecule has 0 spiro atoms. The maximum absolute atomic E-state index is 10.7. The fourth-order valence-electron chi connectivity index (χ4n) is 1.54. The lowest BCUT2D eigenvalue weighted by molar-refractivity contribution is -0.145. The summed E-state index contributed by atoms with van der Waals surface area (Å²) in [5, 5.41) is 0.670. The van der Waals surface area contributed by atoms with Gasteiger partial charge in [0.25, 0.3) is 0 Å². The monoisotopic (exact) mass is 256 g/mol. The SMILES string of the molecule is CC(=O)OCC1COC(c2ccc(Cl)cc2)O1. The van der Waals surface area contributed by atoms with Gasteiger partial charge in [0.2, 0.25) is 0 Å². The highest BCUT2D eigenvalue weighted by Crippen LogP contribution is 2.27. The van der Waals surface area contributed by atoms with Crippen molar-refractivity contribution in [2.75, 3.05) is 13.2 Å². The molecule has 0 aromatic heterocycles. The van der Waals surface area contributed by atoms with Gasteiger partial charge in [-0.1, -0.05) is 23.7 Å². The first-order valence-electron chi connectivity index (χ1n) is 5.31. The molecule has 0 bridgehead atoms. The van der Waals surface area contributed by atoms with Crippen molar-refractivity contribution in [2.24, 2.45) is 0 Å². The number of halogens is 1. The van der Waals surface area contributed by atoms with Crippen LogP contribution in [0, 0.1) is 0 Å². The minimum atomic E-state index is -0.409. The lowest BCUT2D eigenvalue weighted by Crippen LogP contribution is -2.19. The van der Waals surface area contributed by atoms with Crippen LogP contribution in [0.3, 0.4) is 0 Å². The molecule has 1 heterocycles. The molecular weight excluding hydrogens is 244 g/mol. The zero-order chi connectivity index (χ0) is 12.3. The molecule has 2 atom stereocenters. The summed E-state index contributed by atoms with van der Waals surface area (Å²) in [5.41, 5.74) is 0.903. The number of benzene rings is 1. The van der Waals surface area contributed by atoms with E-state index in [4.69, 9.17) is 25.8 Å². The van der Waals surface area contributed by atoms with Crippen LogP contribution in [0.15, 0.2) is 24.3 Å². The molecule has 4 nitrogen and oxygen atoms in total. The highest BCUT2D eigenvalue weighted by Gasteiger charge is 2.27. The summed E-state index contributed by atoms with van der Waals surface area (Å²) in [5.74, 6) is -0.316. The minimum absolute atomic E-state index is 0.209. The van der Waals surface area contributed by atoms with Gasteiger partial charge in [0.1, 0.15) is 12.7 Å². The Balaban J connectivity index is 1.89. The molecule has 1 saturated heterocycles. The third-order valence-electron chi connectivity index (χ3n) is 2.36. The average molecular weight is 257 g/mol. The van der Waals surface area contributed by atoms with Crippen LogP contribution >= 0.6 is 11.6 Å². The highest BCUT2D eigenvalue weighted by atomic mass is 35.5. The van der Waals surface area contributed by atoms with Crippen molar-refractivity contribution in [3.8, 4) is 0 Å². The molecule has 1 aromatic carbocycles. The highest BCUT2D eigenvalue weighted by molar-refractivity contribution is 6.30. The number of carbonyl (C=O) groups excluding carboxylic acids is 1. The van der Waals surface area contributed by atoms with Gasteiger partial charge in [-0.2, -0.15) is 0 Å². The second-order valence-corrected chi connectivity index (χ2v) is 4.21. The molecule has 0 radical (unpaired) electrons. The van der Waals surface area contributed by atoms with Gasteiger partial charge in [0.05, 0.1) is 6.61 Å². The molecule has 0 N–H and O–H groups in total. The zero-order valence-corrected chi connectivity index (χ0v) is 10.1.